The summed E-state index contributed by atoms with van der Waals surface area (Å²) in [5.41, 5.74) is 3.78. The standard InChI is InChI=1S/C24H30N4O3/c1-17-13-22(30-3)23(31-4)14-20(17)16-27-9-11-28(12-10-27)18(2)24(29)26-21-7-5-19(15-25)6-8-21/h5-8,13-14,18H,9-12,16H2,1-4H3,(H,26,29)/p+2/t18-/m0/s1. The highest BCUT2D eigenvalue weighted by molar-refractivity contribution is 5.93. The molecular formula is C24H32N4O3+2. The number of anilines is 1. The van der Waals surface area contributed by atoms with E-state index in [1.54, 1.807) is 38.5 Å². The molecule has 31 heavy (non-hydrogen) atoms. The van der Waals surface area contributed by atoms with Crippen molar-refractivity contribution in [1.29, 1.82) is 5.26 Å². The highest BCUT2D eigenvalue weighted by Crippen LogP contribution is 2.29. The number of carbonyl (C=O) groups excluding carboxylic acids is 1. The lowest BCUT2D eigenvalue weighted by atomic mass is 10.1. The fourth-order valence-corrected chi connectivity index (χ4v) is 4.08. The Morgan fingerprint density at radius 1 is 1.10 bits per heavy atom. The Morgan fingerprint density at radius 3 is 2.29 bits per heavy atom. The molecule has 1 aliphatic heterocycles. The van der Waals surface area contributed by atoms with Gasteiger partial charge in [0.05, 0.1) is 25.9 Å². The first-order chi connectivity index (χ1) is 14.9. The van der Waals surface area contributed by atoms with Gasteiger partial charge in [-0.05, 0) is 55.8 Å². The topological polar surface area (TPSA) is 80.2 Å². The molecule has 0 saturated carbocycles. The number of rotatable bonds is 7. The van der Waals surface area contributed by atoms with Crippen LogP contribution in [0.5, 0.6) is 11.5 Å². The fraction of sp³-hybridized carbons (Fsp3) is 0.417. The van der Waals surface area contributed by atoms with Gasteiger partial charge in [-0.15, -0.1) is 0 Å². The SMILES string of the molecule is COc1cc(C)c(C[NH+]2CC[NH+]([C@@H](C)C(=O)Nc3ccc(C#N)cc3)CC2)cc1OC. The first-order valence-electron chi connectivity index (χ1n) is 10.7. The summed E-state index contributed by atoms with van der Waals surface area (Å²) in [6.45, 7) is 8.94. The molecule has 0 unspecified atom stereocenters. The lowest BCUT2D eigenvalue weighted by Gasteiger charge is -2.33. The maximum Gasteiger partial charge on any atom is 0.282 e. The number of hydrogen-bond acceptors (Lipinski definition) is 4. The van der Waals surface area contributed by atoms with Crippen LogP contribution in [0.2, 0.25) is 0 Å². The number of benzene rings is 2. The zero-order valence-corrected chi connectivity index (χ0v) is 18.7. The Kier molecular flexibility index (Phi) is 7.50. The average Bonchev–Trinajstić information content (AvgIpc) is 2.80. The second-order valence-electron chi connectivity index (χ2n) is 8.12. The lowest BCUT2D eigenvalue weighted by molar-refractivity contribution is -1.02. The van der Waals surface area contributed by atoms with Crippen LogP contribution in [0.3, 0.4) is 0 Å². The number of ether oxygens (including phenoxy) is 2. The van der Waals surface area contributed by atoms with E-state index in [4.69, 9.17) is 14.7 Å². The van der Waals surface area contributed by atoms with Gasteiger partial charge in [0.1, 0.15) is 32.7 Å². The normalized spacial score (nSPS) is 19.2. The molecule has 1 heterocycles. The molecule has 1 fully saturated rings. The number of piperazine rings is 1. The minimum atomic E-state index is -0.125. The Hall–Kier alpha value is -3.08. The zero-order valence-electron chi connectivity index (χ0n) is 18.7. The molecule has 1 atom stereocenters. The van der Waals surface area contributed by atoms with E-state index in [9.17, 15) is 4.79 Å². The van der Waals surface area contributed by atoms with E-state index in [1.807, 2.05) is 13.0 Å². The van der Waals surface area contributed by atoms with E-state index in [1.165, 1.54) is 20.9 Å². The Morgan fingerprint density at radius 2 is 1.71 bits per heavy atom. The quantitative estimate of drug-likeness (QED) is 0.593. The molecule has 164 valence electrons. The van der Waals surface area contributed by atoms with Crippen molar-refractivity contribution >= 4 is 11.6 Å². The van der Waals surface area contributed by atoms with Gasteiger partial charge >= 0.3 is 0 Å². The molecule has 3 rings (SSSR count). The summed E-state index contributed by atoms with van der Waals surface area (Å²) in [5.74, 6) is 1.54. The Labute approximate surface area is 184 Å². The van der Waals surface area contributed by atoms with Crippen LogP contribution in [0.15, 0.2) is 36.4 Å². The molecule has 2 aromatic rings. The number of hydrogen-bond donors (Lipinski definition) is 3. The molecule has 1 saturated heterocycles. The minimum absolute atomic E-state index is 0.0129. The highest BCUT2D eigenvalue weighted by atomic mass is 16.5. The van der Waals surface area contributed by atoms with E-state index in [-0.39, 0.29) is 11.9 Å². The number of methoxy groups -OCH3 is 2. The van der Waals surface area contributed by atoms with Crippen LogP contribution >= 0.6 is 0 Å². The molecule has 0 radical (unpaired) electrons. The first kappa shape index (κ1) is 22.6. The van der Waals surface area contributed by atoms with Crippen molar-refractivity contribution in [3.63, 3.8) is 0 Å². The monoisotopic (exact) mass is 424 g/mol. The summed E-state index contributed by atoms with van der Waals surface area (Å²) in [7, 11) is 3.32. The number of carbonyl (C=O) groups is 1. The van der Waals surface area contributed by atoms with E-state index in [0.29, 0.717) is 5.56 Å². The predicted molar refractivity (Wildman–Crippen MR) is 119 cm³/mol. The van der Waals surface area contributed by atoms with Gasteiger partial charge in [-0.3, -0.25) is 4.79 Å². The molecule has 1 amide bonds. The van der Waals surface area contributed by atoms with Crippen molar-refractivity contribution in [3.8, 4) is 17.6 Å². The van der Waals surface area contributed by atoms with E-state index < -0.39 is 0 Å². The summed E-state index contributed by atoms with van der Waals surface area (Å²) in [5, 5.41) is 11.9. The molecular weight excluding hydrogens is 392 g/mol. The second-order valence-corrected chi connectivity index (χ2v) is 8.12. The number of aryl methyl sites for hydroxylation is 1. The number of nitrogens with zero attached hydrogens (tertiary/aromatic N) is 1. The number of quaternary nitrogens is 2. The van der Waals surface area contributed by atoms with E-state index in [2.05, 4.69) is 24.4 Å². The summed E-state index contributed by atoms with van der Waals surface area (Å²) < 4.78 is 10.9. The third-order valence-electron chi connectivity index (χ3n) is 6.17. The van der Waals surface area contributed by atoms with Crippen LogP contribution < -0.4 is 24.6 Å². The van der Waals surface area contributed by atoms with Gasteiger partial charge in [-0.2, -0.15) is 5.26 Å². The van der Waals surface area contributed by atoms with Gasteiger partial charge < -0.3 is 24.6 Å². The van der Waals surface area contributed by atoms with Crippen LogP contribution in [0, 0.1) is 18.3 Å². The highest BCUT2D eigenvalue weighted by Gasteiger charge is 2.31. The maximum absolute atomic E-state index is 12.7. The lowest BCUT2D eigenvalue weighted by Crippen LogP contribution is -3.29. The Bertz CT molecular complexity index is 945. The third-order valence-corrected chi connectivity index (χ3v) is 6.17. The van der Waals surface area contributed by atoms with Gasteiger partial charge in [0.15, 0.2) is 17.5 Å². The van der Waals surface area contributed by atoms with E-state index >= 15 is 0 Å². The summed E-state index contributed by atoms with van der Waals surface area (Å²) in [4.78, 5) is 15.5. The van der Waals surface area contributed by atoms with Crippen molar-refractivity contribution in [2.75, 3.05) is 45.7 Å². The molecule has 7 nitrogen and oxygen atoms in total. The van der Waals surface area contributed by atoms with Crippen molar-refractivity contribution < 1.29 is 24.1 Å². The molecule has 2 aromatic carbocycles. The average molecular weight is 425 g/mol. The van der Waals surface area contributed by atoms with Crippen LogP contribution in [-0.4, -0.2) is 52.3 Å². The minimum Gasteiger partial charge on any atom is -0.493 e. The summed E-state index contributed by atoms with van der Waals surface area (Å²) >= 11 is 0. The van der Waals surface area contributed by atoms with E-state index in [0.717, 1.165) is 49.9 Å². The molecule has 3 N–H and O–H groups in total. The van der Waals surface area contributed by atoms with Gasteiger partial charge in [-0.1, -0.05) is 0 Å². The fourth-order valence-electron chi connectivity index (χ4n) is 4.08. The molecule has 0 aliphatic carbocycles. The number of amides is 1. The molecule has 7 heteroatoms. The summed E-state index contributed by atoms with van der Waals surface area (Å²) in [6.07, 6.45) is 0. The van der Waals surface area contributed by atoms with Gasteiger partial charge in [0.25, 0.3) is 5.91 Å². The van der Waals surface area contributed by atoms with Crippen LogP contribution in [0.4, 0.5) is 5.69 Å². The van der Waals surface area contributed by atoms with Crippen molar-refractivity contribution in [1.82, 2.24) is 0 Å². The molecule has 0 bridgehead atoms. The van der Waals surface area contributed by atoms with Crippen LogP contribution in [0.25, 0.3) is 0 Å². The van der Waals surface area contributed by atoms with Crippen molar-refractivity contribution in [3.05, 3.63) is 53.1 Å². The van der Waals surface area contributed by atoms with Crippen molar-refractivity contribution in [2.45, 2.75) is 26.4 Å². The van der Waals surface area contributed by atoms with Gasteiger partial charge in [0.2, 0.25) is 0 Å². The molecule has 1 aliphatic rings. The van der Waals surface area contributed by atoms with Gasteiger partial charge in [0, 0.05) is 11.3 Å². The van der Waals surface area contributed by atoms with Gasteiger partial charge in [-0.25, -0.2) is 0 Å². The number of nitriles is 1. The van der Waals surface area contributed by atoms with Crippen LogP contribution in [0.1, 0.15) is 23.6 Å². The van der Waals surface area contributed by atoms with Crippen LogP contribution in [-0.2, 0) is 11.3 Å². The smallest absolute Gasteiger partial charge is 0.282 e. The number of nitrogens with one attached hydrogen (secondary N) is 3. The maximum atomic E-state index is 12.7. The third kappa shape index (κ3) is 5.54. The predicted octanol–water partition coefficient (Wildman–Crippen LogP) is 0.195. The summed E-state index contributed by atoms with van der Waals surface area (Å²) in [6, 6.07) is 13.0. The second kappa shape index (κ2) is 10.3. The largest absolute Gasteiger partial charge is 0.493 e. The first-order valence-corrected chi connectivity index (χ1v) is 10.7. The Balaban J connectivity index is 1.54. The zero-order chi connectivity index (χ0) is 22.4. The molecule has 0 aromatic heterocycles. The van der Waals surface area contributed by atoms with Crippen molar-refractivity contribution in [2.24, 2.45) is 0 Å². The molecule has 0 spiro atoms.